The van der Waals surface area contributed by atoms with E-state index in [2.05, 4.69) is 9.97 Å². The molecule has 0 amide bonds. The lowest BCUT2D eigenvalue weighted by atomic mass is 10.1. The summed E-state index contributed by atoms with van der Waals surface area (Å²) < 4.78 is 38.3. The summed E-state index contributed by atoms with van der Waals surface area (Å²) in [4.78, 5) is 62.1. The van der Waals surface area contributed by atoms with Crippen LogP contribution in [-0.2, 0) is 6.18 Å². The molecule has 0 spiro atoms. The molecule has 0 unspecified atom stereocenters. The first kappa shape index (κ1) is 25.0. The van der Waals surface area contributed by atoms with Gasteiger partial charge in [-0.25, -0.2) is 0 Å². The molecule has 0 saturated heterocycles. The van der Waals surface area contributed by atoms with E-state index in [9.17, 15) is 42.5 Å². The standard InChI is InChI=1S/C9H3ClF3N3O4.C8H4Cl2N2O2/c10-3-1-2(9(11,12)13)6(16(19)20)5-4(3)14-7(17)8(18)15-5;9-3-1-4(10)6-5(2-3)11-7(13)8(14)12-6/h1H,(H,14,17)(H,15,18);1-2H,(H,11,13)(H,12,14). The maximum absolute atomic E-state index is 12.8. The maximum Gasteiger partial charge on any atom is 0.423 e. The summed E-state index contributed by atoms with van der Waals surface area (Å²) in [6.07, 6.45) is -5.05. The van der Waals surface area contributed by atoms with Gasteiger partial charge in [0.15, 0.2) is 0 Å². The van der Waals surface area contributed by atoms with Crippen LogP contribution in [0.4, 0.5) is 18.9 Å². The molecule has 11 nitrogen and oxygen atoms in total. The lowest BCUT2D eigenvalue weighted by Crippen LogP contribution is -2.29. The van der Waals surface area contributed by atoms with Crippen LogP contribution in [0.3, 0.4) is 0 Å². The Morgan fingerprint density at radius 3 is 1.74 bits per heavy atom. The van der Waals surface area contributed by atoms with Crippen LogP contribution < -0.4 is 22.2 Å². The van der Waals surface area contributed by atoms with Gasteiger partial charge >= 0.3 is 34.1 Å². The number of hydrogen-bond donors (Lipinski definition) is 4. The smallest absolute Gasteiger partial charge is 0.316 e. The quantitative estimate of drug-likeness (QED) is 0.164. The summed E-state index contributed by atoms with van der Waals surface area (Å²) in [6.45, 7) is 0. The normalized spacial score (nSPS) is 11.4. The third kappa shape index (κ3) is 4.83. The maximum atomic E-state index is 12.8. The lowest BCUT2D eigenvalue weighted by molar-refractivity contribution is -0.386. The molecule has 0 fully saturated rings. The fourth-order valence-electron chi connectivity index (χ4n) is 2.78. The van der Waals surface area contributed by atoms with Crippen LogP contribution in [0.5, 0.6) is 0 Å². The van der Waals surface area contributed by atoms with Gasteiger partial charge in [-0.2, -0.15) is 13.2 Å². The van der Waals surface area contributed by atoms with Crippen molar-refractivity contribution >= 4 is 62.6 Å². The second-order valence-corrected chi connectivity index (χ2v) is 7.64. The Balaban J connectivity index is 0.000000202. The topological polar surface area (TPSA) is 175 Å². The molecule has 17 heteroatoms. The first-order valence-corrected chi connectivity index (χ1v) is 9.66. The number of aromatic nitrogens is 4. The number of nitrogens with one attached hydrogen (secondary N) is 4. The summed E-state index contributed by atoms with van der Waals surface area (Å²) >= 11 is 17.1. The van der Waals surface area contributed by atoms with Crippen molar-refractivity contribution < 1.29 is 18.1 Å². The summed E-state index contributed by atoms with van der Waals surface area (Å²) in [5.74, 6) is 0. The van der Waals surface area contributed by atoms with E-state index < -0.39 is 60.6 Å². The molecule has 2 aromatic carbocycles. The number of aromatic amines is 4. The lowest BCUT2D eigenvalue weighted by Gasteiger charge is -2.10. The first-order chi connectivity index (χ1) is 15.7. The number of rotatable bonds is 1. The minimum absolute atomic E-state index is 0.292. The zero-order valence-corrected chi connectivity index (χ0v) is 18.2. The average molecular weight is 541 g/mol. The second-order valence-electron chi connectivity index (χ2n) is 6.39. The molecular weight excluding hydrogens is 534 g/mol. The zero-order valence-electron chi connectivity index (χ0n) is 15.9. The van der Waals surface area contributed by atoms with E-state index >= 15 is 0 Å². The number of halogens is 6. The Kier molecular flexibility index (Phi) is 6.59. The SMILES string of the molecule is O=c1[nH]c2c(Cl)cc(C(F)(F)F)c([N+](=O)[O-])c2[nH]c1=O.O=c1[nH]c2cc(Cl)cc(Cl)c2[nH]c1=O. The van der Waals surface area contributed by atoms with E-state index in [-0.39, 0.29) is 0 Å². The third-order valence-corrected chi connectivity index (χ3v) is 4.99. The van der Waals surface area contributed by atoms with Gasteiger partial charge in [0.1, 0.15) is 11.1 Å². The molecular formula is C17H7Cl3F3N5O6. The molecule has 0 aliphatic rings. The summed E-state index contributed by atoms with van der Waals surface area (Å²) in [5.41, 5.74) is -7.43. The fraction of sp³-hybridized carbons (Fsp3) is 0.0588. The van der Waals surface area contributed by atoms with Gasteiger partial charge in [0.05, 0.1) is 31.5 Å². The summed E-state index contributed by atoms with van der Waals surface area (Å²) in [7, 11) is 0. The number of nitro groups is 1. The number of benzene rings is 2. The molecule has 2 heterocycles. The van der Waals surface area contributed by atoms with E-state index in [0.717, 1.165) is 0 Å². The van der Waals surface area contributed by atoms with Crippen molar-refractivity contribution in [3.05, 3.63) is 90.4 Å². The molecule has 0 aliphatic heterocycles. The molecule has 0 bridgehead atoms. The highest BCUT2D eigenvalue weighted by atomic mass is 35.5. The number of nitro benzene ring substituents is 1. The third-order valence-electron chi connectivity index (χ3n) is 4.17. The number of nitrogens with zero attached hydrogens (tertiary/aromatic N) is 1. The highest BCUT2D eigenvalue weighted by Gasteiger charge is 2.40. The van der Waals surface area contributed by atoms with Gasteiger partial charge in [-0.15, -0.1) is 0 Å². The molecule has 0 atom stereocenters. The second kappa shape index (κ2) is 8.96. The Labute approximate surface area is 197 Å². The highest BCUT2D eigenvalue weighted by Crippen LogP contribution is 2.41. The highest BCUT2D eigenvalue weighted by molar-refractivity contribution is 6.38. The Morgan fingerprint density at radius 1 is 0.735 bits per heavy atom. The van der Waals surface area contributed by atoms with Crippen LogP contribution in [0.25, 0.3) is 22.1 Å². The van der Waals surface area contributed by atoms with Crippen molar-refractivity contribution in [3.63, 3.8) is 0 Å². The van der Waals surface area contributed by atoms with Crippen molar-refractivity contribution in [3.8, 4) is 0 Å². The van der Waals surface area contributed by atoms with E-state index in [1.807, 2.05) is 4.98 Å². The molecule has 4 N–H and O–H groups in total. The fourth-order valence-corrected chi connectivity index (χ4v) is 3.57. The van der Waals surface area contributed by atoms with Crippen molar-refractivity contribution in [1.29, 1.82) is 0 Å². The van der Waals surface area contributed by atoms with Crippen LogP contribution in [0.2, 0.25) is 15.1 Å². The Morgan fingerprint density at radius 2 is 1.21 bits per heavy atom. The molecule has 0 aliphatic carbocycles. The predicted molar refractivity (Wildman–Crippen MR) is 117 cm³/mol. The number of H-pyrrole nitrogens is 4. The van der Waals surface area contributed by atoms with Crippen molar-refractivity contribution in [1.82, 2.24) is 19.9 Å². The van der Waals surface area contributed by atoms with Gasteiger partial charge in [-0.3, -0.25) is 29.3 Å². The van der Waals surface area contributed by atoms with Gasteiger partial charge in [0, 0.05) is 5.02 Å². The molecule has 4 aromatic rings. The van der Waals surface area contributed by atoms with E-state index in [1.165, 1.54) is 12.1 Å². The monoisotopic (exact) mass is 539 g/mol. The number of fused-ring (bicyclic) bond motifs is 2. The molecule has 0 radical (unpaired) electrons. The van der Waals surface area contributed by atoms with Crippen LogP contribution in [0.15, 0.2) is 37.4 Å². The average Bonchev–Trinajstić information content (AvgIpc) is 2.70. The minimum Gasteiger partial charge on any atom is -0.316 e. The van der Waals surface area contributed by atoms with Gasteiger partial charge in [-0.05, 0) is 18.2 Å². The van der Waals surface area contributed by atoms with Crippen molar-refractivity contribution in [2.24, 2.45) is 0 Å². The summed E-state index contributed by atoms with van der Waals surface area (Å²) in [6, 6.07) is 3.32. The van der Waals surface area contributed by atoms with Crippen LogP contribution >= 0.6 is 34.8 Å². The number of alkyl halides is 3. The Hall–Kier alpha value is -3.62. The largest absolute Gasteiger partial charge is 0.423 e. The minimum atomic E-state index is -5.05. The van der Waals surface area contributed by atoms with E-state index in [0.29, 0.717) is 27.1 Å². The molecule has 178 valence electrons. The van der Waals surface area contributed by atoms with Gasteiger partial charge in [0.2, 0.25) is 0 Å². The van der Waals surface area contributed by atoms with Crippen LogP contribution in [0.1, 0.15) is 5.56 Å². The predicted octanol–water partition coefficient (Wildman–Crippen LogP) is 3.32. The van der Waals surface area contributed by atoms with Gasteiger partial charge in [0.25, 0.3) is 0 Å². The first-order valence-electron chi connectivity index (χ1n) is 8.52. The van der Waals surface area contributed by atoms with E-state index in [4.69, 9.17) is 34.8 Å². The van der Waals surface area contributed by atoms with Crippen molar-refractivity contribution in [2.45, 2.75) is 6.18 Å². The molecule has 34 heavy (non-hydrogen) atoms. The van der Waals surface area contributed by atoms with Crippen LogP contribution in [-0.4, -0.2) is 24.9 Å². The summed E-state index contributed by atoms with van der Waals surface area (Å²) in [5, 5.41) is 10.9. The van der Waals surface area contributed by atoms with E-state index in [1.54, 1.807) is 4.98 Å². The Bertz CT molecular complexity index is 1710. The molecule has 4 rings (SSSR count). The molecule has 0 saturated carbocycles. The van der Waals surface area contributed by atoms with Crippen LogP contribution in [0, 0.1) is 10.1 Å². The molecule has 2 aromatic heterocycles. The van der Waals surface area contributed by atoms with Crippen molar-refractivity contribution in [2.75, 3.05) is 0 Å². The van der Waals surface area contributed by atoms with Gasteiger partial charge in [-0.1, -0.05) is 34.8 Å². The van der Waals surface area contributed by atoms with Gasteiger partial charge < -0.3 is 19.9 Å². The number of hydrogen-bond acceptors (Lipinski definition) is 6. The zero-order chi connectivity index (χ0) is 25.5.